The molecule has 5 rings (SSSR count). The third-order valence-electron chi connectivity index (χ3n) is 11.6. The monoisotopic (exact) mass is 772 g/mol. The fraction of sp³-hybridized carbons (Fsp3) is 0.615. The zero-order valence-corrected chi connectivity index (χ0v) is 32.5. The molecule has 0 aromatic heterocycles. The molecule has 2 bridgehead atoms. The first-order valence-electron chi connectivity index (χ1n) is 17.9. The maximum Gasteiger partial charge on any atom is 0.338 e. The summed E-state index contributed by atoms with van der Waals surface area (Å²) >= 11 is 0. The van der Waals surface area contributed by atoms with Crippen molar-refractivity contribution in [3.05, 3.63) is 47.0 Å². The van der Waals surface area contributed by atoms with Gasteiger partial charge in [0.25, 0.3) is 0 Å². The van der Waals surface area contributed by atoms with Crippen LogP contribution in [0.2, 0.25) is 0 Å². The van der Waals surface area contributed by atoms with Crippen molar-refractivity contribution in [2.75, 3.05) is 6.61 Å². The molecule has 0 spiro atoms. The minimum absolute atomic E-state index is 0.0571. The van der Waals surface area contributed by atoms with Crippen molar-refractivity contribution in [3.8, 4) is 0 Å². The predicted octanol–water partition coefficient (Wildman–Crippen LogP) is 2.70. The molecule has 2 saturated carbocycles. The number of aliphatic hydroxyl groups is 1. The van der Waals surface area contributed by atoms with Crippen LogP contribution in [0.25, 0.3) is 0 Å². The molecule has 4 aliphatic rings. The first-order chi connectivity index (χ1) is 25.5. The topological polar surface area (TPSA) is 214 Å². The van der Waals surface area contributed by atoms with Crippen molar-refractivity contribution in [1.29, 1.82) is 0 Å². The molecule has 1 N–H and O–H groups in total. The second kappa shape index (κ2) is 14.7. The van der Waals surface area contributed by atoms with E-state index >= 15 is 0 Å². The normalized spacial score (nSPS) is 35.8. The predicted molar refractivity (Wildman–Crippen MR) is 185 cm³/mol. The SMILES string of the molecule is CC(=O)O[C@@H]1C2=C(C)[C@@H](OC(C)=O)[C@H](OC(=O)c3ccccc3)[C@@](O)([C@H](OC(C)=O)[C@@H]3[C@]4(OC(C)=O)CO[C@@H]4C[C@H](OC(C)=O)[C@@]3(C)[C@H]1OC(C)=O)C2(C)C. The van der Waals surface area contributed by atoms with Gasteiger partial charge >= 0.3 is 41.8 Å². The molecular formula is C39H48O16. The van der Waals surface area contributed by atoms with E-state index in [0.29, 0.717) is 0 Å². The van der Waals surface area contributed by atoms with Crippen molar-refractivity contribution >= 4 is 41.8 Å². The Labute approximate surface area is 318 Å². The summed E-state index contributed by atoms with van der Waals surface area (Å²) in [5.41, 5.74) is -7.94. The van der Waals surface area contributed by atoms with Crippen molar-refractivity contribution in [3.63, 3.8) is 0 Å². The maximum atomic E-state index is 14.0. The highest BCUT2D eigenvalue weighted by Crippen LogP contribution is 2.66. The lowest BCUT2D eigenvalue weighted by atomic mass is 9.43. The zero-order chi connectivity index (χ0) is 41.0. The molecule has 1 aromatic rings. The van der Waals surface area contributed by atoms with Gasteiger partial charge in [-0.05, 0) is 30.2 Å². The van der Waals surface area contributed by atoms with Gasteiger partial charge in [-0.1, -0.05) is 39.0 Å². The third kappa shape index (κ3) is 6.76. The van der Waals surface area contributed by atoms with E-state index in [-0.39, 0.29) is 29.7 Å². The number of benzene rings is 1. The van der Waals surface area contributed by atoms with Crippen LogP contribution in [-0.2, 0) is 66.7 Å². The fourth-order valence-electron chi connectivity index (χ4n) is 9.59. The summed E-state index contributed by atoms with van der Waals surface area (Å²) in [6, 6.07) is 7.77. The number of esters is 7. The second-order valence-corrected chi connectivity index (χ2v) is 15.4. The zero-order valence-electron chi connectivity index (χ0n) is 32.5. The first-order valence-corrected chi connectivity index (χ1v) is 17.9. The van der Waals surface area contributed by atoms with Crippen LogP contribution in [0.1, 0.15) is 86.0 Å². The Morgan fingerprint density at radius 2 is 1.20 bits per heavy atom. The minimum atomic E-state index is -2.69. The minimum Gasteiger partial charge on any atom is -0.462 e. The lowest BCUT2D eigenvalue weighted by Crippen LogP contribution is -2.84. The molecule has 0 radical (unpaired) electrons. The van der Waals surface area contributed by atoms with E-state index in [1.807, 2.05) is 0 Å². The average Bonchev–Trinajstić information content (AvgIpc) is 3.06. The van der Waals surface area contributed by atoms with Gasteiger partial charge in [-0.25, -0.2) is 4.79 Å². The molecule has 0 unspecified atom stereocenters. The van der Waals surface area contributed by atoms with Crippen molar-refractivity contribution in [1.82, 2.24) is 0 Å². The van der Waals surface area contributed by atoms with Gasteiger partial charge in [-0.15, -0.1) is 0 Å². The van der Waals surface area contributed by atoms with Gasteiger partial charge in [0.2, 0.25) is 0 Å². The van der Waals surface area contributed by atoms with Gasteiger partial charge in [0.15, 0.2) is 35.6 Å². The van der Waals surface area contributed by atoms with Gasteiger partial charge in [-0.3, -0.25) is 28.8 Å². The number of carbonyl (C=O) groups excluding carboxylic acids is 7. The van der Waals surface area contributed by atoms with Gasteiger partial charge < -0.3 is 43.0 Å². The van der Waals surface area contributed by atoms with Gasteiger partial charge in [0, 0.05) is 53.4 Å². The van der Waals surface area contributed by atoms with Gasteiger partial charge in [0.1, 0.15) is 18.3 Å². The van der Waals surface area contributed by atoms with Crippen LogP contribution in [0, 0.1) is 16.7 Å². The third-order valence-corrected chi connectivity index (χ3v) is 11.6. The van der Waals surface area contributed by atoms with E-state index in [1.54, 1.807) is 18.2 Å². The summed E-state index contributed by atoms with van der Waals surface area (Å²) in [7, 11) is 0. The number of carbonyl (C=O) groups is 7. The smallest absolute Gasteiger partial charge is 0.338 e. The number of rotatable bonds is 8. The van der Waals surface area contributed by atoms with Crippen molar-refractivity contribution in [2.24, 2.45) is 16.7 Å². The van der Waals surface area contributed by atoms with E-state index in [2.05, 4.69) is 0 Å². The molecule has 16 heteroatoms. The molecule has 1 aromatic carbocycles. The Bertz CT molecular complexity index is 1800. The maximum absolute atomic E-state index is 14.0. The van der Waals surface area contributed by atoms with E-state index in [1.165, 1.54) is 39.8 Å². The van der Waals surface area contributed by atoms with Crippen LogP contribution in [0.3, 0.4) is 0 Å². The standard InChI is InChI=1S/C39H48O16/c1-18-28-30(51-21(4)42)32(52-22(5)43)37(10)26(49-19(2)40)16-27-38(17-48-27,55-24(7)45)31(37)34(53-23(6)44)39(47,36(28,8)9)33(29(18)50-20(3)41)54-35(46)25-14-12-11-13-15-25/h11-15,26-27,29-34,47H,16-17H2,1-10H3/t26-,27+,29+,30+,31-,32-,33-,34+,37+,38-,39+/m0/s1. The van der Waals surface area contributed by atoms with E-state index in [4.69, 9.17) is 37.9 Å². The molecule has 3 fully saturated rings. The number of fused-ring (bicyclic) bond motifs is 5. The van der Waals surface area contributed by atoms with Crippen molar-refractivity contribution in [2.45, 2.75) is 130 Å². The van der Waals surface area contributed by atoms with E-state index in [0.717, 1.165) is 41.5 Å². The Hall–Kier alpha value is -4.83. The second-order valence-electron chi connectivity index (χ2n) is 15.4. The fourth-order valence-corrected chi connectivity index (χ4v) is 9.59. The van der Waals surface area contributed by atoms with Crippen molar-refractivity contribution < 1.29 is 76.6 Å². The quantitative estimate of drug-likeness (QED) is 0.228. The molecule has 1 heterocycles. The molecule has 1 aliphatic heterocycles. The van der Waals surface area contributed by atoms with Crippen LogP contribution in [0.15, 0.2) is 41.5 Å². The molecule has 11 atom stereocenters. The molecule has 16 nitrogen and oxygen atoms in total. The molecule has 0 amide bonds. The highest BCUT2D eigenvalue weighted by molar-refractivity contribution is 5.89. The summed E-state index contributed by atoms with van der Waals surface area (Å²) in [5.74, 6) is -7.64. The molecule has 3 aliphatic carbocycles. The largest absolute Gasteiger partial charge is 0.462 e. The molecule has 55 heavy (non-hydrogen) atoms. The van der Waals surface area contributed by atoms with Crippen LogP contribution in [0.4, 0.5) is 0 Å². The van der Waals surface area contributed by atoms with Gasteiger partial charge in [-0.2, -0.15) is 0 Å². The first kappa shape index (κ1) is 41.3. The highest BCUT2D eigenvalue weighted by atomic mass is 16.6. The van der Waals surface area contributed by atoms with E-state index in [9.17, 15) is 38.7 Å². The molecular weight excluding hydrogens is 724 g/mol. The highest BCUT2D eigenvalue weighted by Gasteiger charge is 2.81. The van der Waals surface area contributed by atoms with Gasteiger partial charge in [0.05, 0.1) is 23.5 Å². The van der Waals surface area contributed by atoms with Crippen LogP contribution < -0.4 is 0 Å². The summed E-state index contributed by atoms with van der Waals surface area (Å²) in [5, 5.41) is 13.9. The Balaban J connectivity index is 2.00. The molecule has 1 saturated heterocycles. The summed E-state index contributed by atoms with van der Waals surface area (Å²) in [4.78, 5) is 92.6. The van der Waals surface area contributed by atoms with Crippen LogP contribution in [0.5, 0.6) is 0 Å². The summed E-state index contributed by atoms with van der Waals surface area (Å²) < 4.78 is 48.5. The summed E-state index contributed by atoms with van der Waals surface area (Å²) in [6.45, 7) is 12.4. The summed E-state index contributed by atoms with van der Waals surface area (Å²) in [6.07, 6.45) is -11.2. The lowest BCUT2D eigenvalue weighted by Gasteiger charge is -2.69. The average molecular weight is 773 g/mol. The van der Waals surface area contributed by atoms with Crippen LogP contribution >= 0.6 is 0 Å². The molecule has 300 valence electrons. The van der Waals surface area contributed by atoms with Crippen LogP contribution in [-0.4, -0.2) is 107 Å². The lowest BCUT2D eigenvalue weighted by molar-refractivity contribution is -0.372. The Morgan fingerprint density at radius 3 is 1.69 bits per heavy atom. The Morgan fingerprint density at radius 1 is 0.673 bits per heavy atom. The number of ether oxygens (including phenoxy) is 8. The number of hydrogen-bond acceptors (Lipinski definition) is 16. The Kier molecular flexibility index (Phi) is 11.0. The number of hydrogen-bond donors (Lipinski definition) is 1. The van der Waals surface area contributed by atoms with E-state index < -0.39 is 112 Å².